The third kappa shape index (κ3) is 4.52. The van der Waals surface area contributed by atoms with Crippen LogP contribution in [0, 0.1) is 0 Å². The van der Waals surface area contributed by atoms with Crippen LogP contribution in [-0.4, -0.2) is 30.9 Å². The zero-order chi connectivity index (χ0) is 23.5. The van der Waals surface area contributed by atoms with E-state index in [-0.39, 0.29) is 11.7 Å². The van der Waals surface area contributed by atoms with Gasteiger partial charge in [0.05, 0.1) is 36.7 Å². The van der Waals surface area contributed by atoms with Gasteiger partial charge in [-0.25, -0.2) is 4.98 Å². The van der Waals surface area contributed by atoms with Gasteiger partial charge < -0.3 is 14.8 Å². The quantitative estimate of drug-likeness (QED) is 0.355. The number of methoxy groups -OCH3 is 2. The summed E-state index contributed by atoms with van der Waals surface area (Å²) in [6.07, 6.45) is 0. The molecule has 0 aliphatic carbocycles. The Balaban J connectivity index is 1.89. The van der Waals surface area contributed by atoms with E-state index in [9.17, 15) is 9.59 Å². The van der Waals surface area contributed by atoms with Crippen LogP contribution in [0.5, 0.6) is 11.5 Å². The number of anilines is 1. The summed E-state index contributed by atoms with van der Waals surface area (Å²) in [6.45, 7) is 1.46. The lowest BCUT2D eigenvalue weighted by atomic mass is 10.0. The number of amides is 1. The van der Waals surface area contributed by atoms with Crippen LogP contribution in [0.1, 0.15) is 27.6 Å². The summed E-state index contributed by atoms with van der Waals surface area (Å²) in [5.41, 5.74) is 3.02. The Morgan fingerprint density at radius 2 is 1.70 bits per heavy atom. The van der Waals surface area contributed by atoms with E-state index in [1.54, 1.807) is 80.9 Å². The number of carbonyl (C=O) groups is 2. The molecule has 1 amide bonds. The van der Waals surface area contributed by atoms with Crippen molar-refractivity contribution in [1.82, 2.24) is 4.98 Å². The average molecular weight is 461 g/mol. The summed E-state index contributed by atoms with van der Waals surface area (Å²) < 4.78 is 10.9. The van der Waals surface area contributed by atoms with Crippen LogP contribution in [0.4, 0.5) is 5.69 Å². The number of hydrogen-bond acceptors (Lipinski definition) is 5. The number of aromatic nitrogens is 1. The lowest BCUT2D eigenvalue weighted by Crippen LogP contribution is -2.15. The number of para-hydroxylation sites is 1. The van der Waals surface area contributed by atoms with E-state index < -0.39 is 0 Å². The Hall–Kier alpha value is -3.90. The molecular weight excluding hydrogens is 440 g/mol. The number of ketones is 1. The van der Waals surface area contributed by atoms with Crippen molar-refractivity contribution in [1.29, 1.82) is 0 Å². The summed E-state index contributed by atoms with van der Waals surface area (Å²) >= 11 is 6.23. The van der Waals surface area contributed by atoms with Crippen LogP contribution in [0.25, 0.3) is 22.2 Å². The molecule has 0 spiro atoms. The highest BCUT2D eigenvalue weighted by Crippen LogP contribution is 2.35. The first kappa shape index (κ1) is 22.3. The highest BCUT2D eigenvalue weighted by atomic mass is 35.5. The lowest BCUT2D eigenvalue weighted by molar-refractivity contribution is 0.101. The monoisotopic (exact) mass is 460 g/mol. The summed E-state index contributed by atoms with van der Waals surface area (Å²) in [6, 6.07) is 19.1. The zero-order valence-corrected chi connectivity index (χ0v) is 19.1. The average Bonchev–Trinajstić information content (AvgIpc) is 2.83. The van der Waals surface area contributed by atoms with Gasteiger partial charge in [0.2, 0.25) is 0 Å². The van der Waals surface area contributed by atoms with E-state index in [0.29, 0.717) is 55.5 Å². The first-order valence-electron chi connectivity index (χ1n) is 10.1. The number of Topliss-reactive ketones (excluding diaryl/α,β-unsaturated/α-hetero) is 1. The maximum Gasteiger partial charge on any atom is 0.256 e. The maximum atomic E-state index is 13.4. The fourth-order valence-corrected chi connectivity index (χ4v) is 3.80. The summed E-state index contributed by atoms with van der Waals surface area (Å²) in [7, 11) is 3.14. The van der Waals surface area contributed by atoms with Crippen molar-refractivity contribution in [2.45, 2.75) is 6.92 Å². The molecule has 0 unspecified atom stereocenters. The Morgan fingerprint density at radius 3 is 2.42 bits per heavy atom. The molecular formula is C26H21ClN2O4. The summed E-state index contributed by atoms with van der Waals surface area (Å²) in [4.78, 5) is 30.2. The number of carbonyl (C=O) groups excluding carboxylic acids is 2. The molecule has 0 atom stereocenters. The fourth-order valence-electron chi connectivity index (χ4n) is 3.63. The Bertz CT molecular complexity index is 1380. The Morgan fingerprint density at radius 1 is 0.909 bits per heavy atom. The molecule has 0 radical (unpaired) electrons. The van der Waals surface area contributed by atoms with Gasteiger partial charge in [-0.3, -0.25) is 9.59 Å². The molecule has 0 aliphatic heterocycles. The number of fused-ring (bicyclic) bond motifs is 1. The second-order valence-corrected chi connectivity index (χ2v) is 7.78. The number of halogens is 1. The third-order valence-corrected chi connectivity index (χ3v) is 5.49. The van der Waals surface area contributed by atoms with Crippen LogP contribution in [0.15, 0.2) is 66.7 Å². The van der Waals surface area contributed by atoms with Gasteiger partial charge in [-0.2, -0.15) is 0 Å². The number of rotatable bonds is 6. The number of benzene rings is 3. The van der Waals surface area contributed by atoms with Gasteiger partial charge in [0, 0.05) is 21.5 Å². The van der Waals surface area contributed by atoms with Gasteiger partial charge in [-0.15, -0.1) is 0 Å². The van der Waals surface area contributed by atoms with Crippen molar-refractivity contribution in [3.8, 4) is 22.8 Å². The number of nitrogens with zero attached hydrogens (tertiary/aromatic N) is 1. The van der Waals surface area contributed by atoms with Crippen LogP contribution in [0.2, 0.25) is 5.02 Å². The van der Waals surface area contributed by atoms with E-state index in [4.69, 9.17) is 26.1 Å². The lowest BCUT2D eigenvalue weighted by Gasteiger charge is -2.14. The minimum Gasteiger partial charge on any atom is -0.497 e. The first-order chi connectivity index (χ1) is 15.9. The smallest absolute Gasteiger partial charge is 0.256 e. The van der Waals surface area contributed by atoms with Gasteiger partial charge >= 0.3 is 0 Å². The van der Waals surface area contributed by atoms with Gasteiger partial charge in [-0.05, 0) is 61.5 Å². The first-order valence-corrected chi connectivity index (χ1v) is 10.5. The molecule has 0 saturated heterocycles. The molecule has 1 N–H and O–H groups in total. The number of pyridine rings is 1. The molecule has 1 heterocycles. The van der Waals surface area contributed by atoms with Gasteiger partial charge in [0.15, 0.2) is 5.78 Å². The summed E-state index contributed by atoms with van der Waals surface area (Å²) in [5, 5.41) is 3.93. The Labute approximate surface area is 196 Å². The fraction of sp³-hybridized carbons (Fsp3) is 0.115. The van der Waals surface area contributed by atoms with E-state index >= 15 is 0 Å². The summed E-state index contributed by atoms with van der Waals surface area (Å²) in [5.74, 6) is 0.687. The third-order valence-electron chi connectivity index (χ3n) is 5.25. The second-order valence-electron chi connectivity index (χ2n) is 7.34. The van der Waals surface area contributed by atoms with Crippen molar-refractivity contribution >= 4 is 39.9 Å². The minimum absolute atomic E-state index is 0.143. The molecule has 1 aromatic heterocycles. The Kier molecular flexibility index (Phi) is 6.29. The molecule has 6 nitrogen and oxygen atoms in total. The van der Waals surface area contributed by atoms with Crippen molar-refractivity contribution in [3.05, 3.63) is 82.9 Å². The molecule has 33 heavy (non-hydrogen) atoms. The van der Waals surface area contributed by atoms with Gasteiger partial charge in [-0.1, -0.05) is 23.7 Å². The normalized spacial score (nSPS) is 10.7. The molecule has 4 aromatic rings. The van der Waals surface area contributed by atoms with E-state index in [1.165, 1.54) is 6.92 Å². The second kappa shape index (κ2) is 9.30. The van der Waals surface area contributed by atoms with Crippen molar-refractivity contribution in [2.24, 2.45) is 0 Å². The van der Waals surface area contributed by atoms with Gasteiger partial charge in [0.1, 0.15) is 11.5 Å². The minimum atomic E-state index is -0.388. The maximum absolute atomic E-state index is 13.4. The van der Waals surface area contributed by atoms with E-state index in [0.717, 1.165) is 0 Å². The molecule has 0 aliphatic rings. The SMILES string of the molecule is COc1ccc(OC)c(-c2cc(C(=O)Nc3ccccc3C(C)=O)c3cc(Cl)ccc3n2)c1. The predicted octanol–water partition coefficient (Wildman–Crippen LogP) is 6.03. The van der Waals surface area contributed by atoms with E-state index in [1.807, 2.05) is 0 Å². The zero-order valence-electron chi connectivity index (χ0n) is 18.3. The number of nitrogens with one attached hydrogen (secondary N) is 1. The molecule has 166 valence electrons. The molecule has 0 fully saturated rings. The molecule has 0 saturated carbocycles. The van der Waals surface area contributed by atoms with Crippen LogP contribution >= 0.6 is 11.6 Å². The predicted molar refractivity (Wildman–Crippen MR) is 130 cm³/mol. The topological polar surface area (TPSA) is 77.5 Å². The van der Waals surface area contributed by atoms with Crippen molar-refractivity contribution in [3.63, 3.8) is 0 Å². The highest BCUT2D eigenvalue weighted by molar-refractivity contribution is 6.31. The van der Waals surface area contributed by atoms with Crippen LogP contribution in [-0.2, 0) is 0 Å². The highest BCUT2D eigenvalue weighted by Gasteiger charge is 2.18. The van der Waals surface area contributed by atoms with Gasteiger partial charge in [0.25, 0.3) is 5.91 Å². The van der Waals surface area contributed by atoms with Crippen molar-refractivity contribution < 1.29 is 19.1 Å². The van der Waals surface area contributed by atoms with Crippen LogP contribution in [0.3, 0.4) is 0 Å². The molecule has 7 heteroatoms. The van der Waals surface area contributed by atoms with Crippen LogP contribution < -0.4 is 14.8 Å². The molecule has 0 bridgehead atoms. The number of hydrogen-bond donors (Lipinski definition) is 1. The molecule has 3 aromatic carbocycles. The largest absolute Gasteiger partial charge is 0.497 e. The number of ether oxygens (including phenoxy) is 2. The molecule has 4 rings (SSSR count). The van der Waals surface area contributed by atoms with E-state index in [2.05, 4.69) is 5.32 Å². The standard InChI is InChI=1S/C26H21ClN2O4/c1-15(30)18-6-4-5-7-22(18)29-26(31)20-14-24(28-23-10-8-16(27)12-19(20)23)21-13-17(32-2)9-11-25(21)33-3/h4-14H,1-3H3,(H,29,31). The van der Waals surface area contributed by atoms with Crippen molar-refractivity contribution in [2.75, 3.05) is 19.5 Å².